The van der Waals surface area contributed by atoms with Crippen LogP contribution in [0, 0.1) is 5.82 Å². The number of benzene rings is 2. The van der Waals surface area contributed by atoms with Crippen molar-refractivity contribution < 1.29 is 23.4 Å². The average molecular weight is 479 g/mol. The first kappa shape index (κ1) is 22.3. The number of pyridine rings is 1. The standard InChI is InChI=1S/C26H23FN2O4S/c1-31-10-5-9-29(26(30)19-6-2-3-7-20(19)27)15-18-12-17-13-22-23(33-16-32-22)14-21(17)28-25(18)24-8-4-11-34-24/h2-4,6-8,11-14H,5,9-10,15-16H2,1H3. The van der Waals surface area contributed by atoms with Gasteiger partial charge >= 0.3 is 0 Å². The highest BCUT2D eigenvalue weighted by atomic mass is 32.1. The monoisotopic (exact) mass is 478 g/mol. The second-order valence-electron chi connectivity index (χ2n) is 7.92. The fourth-order valence-electron chi connectivity index (χ4n) is 4.02. The number of halogens is 1. The predicted molar refractivity (Wildman–Crippen MR) is 129 cm³/mol. The number of amides is 1. The predicted octanol–water partition coefficient (Wildman–Crippen LogP) is 5.51. The van der Waals surface area contributed by atoms with E-state index in [4.69, 9.17) is 19.2 Å². The van der Waals surface area contributed by atoms with E-state index in [1.54, 1.807) is 35.5 Å². The van der Waals surface area contributed by atoms with Crippen molar-refractivity contribution in [2.24, 2.45) is 0 Å². The number of carbonyl (C=O) groups is 1. The van der Waals surface area contributed by atoms with Gasteiger partial charge in [0.1, 0.15) is 5.82 Å². The van der Waals surface area contributed by atoms with Crippen molar-refractivity contribution in [3.8, 4) is 22.1 Å². The number of thiophene rings is 1. The quantitative estimate of drug-likeness (QED) is 0.313. The second-order valence-corrected chi connectivity index (χ2v) is 8.87. The van der Waals surface area contributed by atoms with Crippen molar-refractivity contribution in [1.29, 1.82) is 0 Å². The summed E-state index contributed by atoms with van der Waals surface area (Å²) in [6, 6.07) is 15.8. The molecule has 0 atom stereocenters. The minimum Gasteiger partial charge on any atom is -0.454 e. The summed E-state index contributed by atoms with van der Waals surface area (Å²) in [7, 11) is 1.62. The van der Waals surface area contributed by atoms with Gasteiger partial charge in [-0.05, 0) is 47.7 Å². The molecule has 1 aliphatic heterocycles. The first-order chi connectivity index (χ1) is 16.6. The average Bonchev–Trinajstić information content (AvgIpc) is 3.53. The van der Waals surface area contributed by atoms with Gasteiger partial charge in [0.25, 0.3) is 5.91 Å². The van der Waals surface area contributed by atoms with E-state index in [0.717, 1.165) is 27.0 Å². The highest BCUT2D eigenvalue weighted by Crippen LogP contribution is 2.38. The van der Waals surface area contributed by atoms with Crippen LogP contribution in [-0.2, 0) is 11.3 Å². The van der Waals surface area contributed by atoms with Gasteiger partial charge < -0.3 is 19.1 Å². The molecule has 34 heavy (non-hydrogen) atoms. The SMILES string of the molecule is COCCCN(Cc1cc2cc3c(cc2nc1-c1cccs1)OCO3)C(=O)c1ccccc1F. The van der Waals surface area contributed by atoms with Crippen LogP contribution in [0.25, 0.3) is 21.5 Å². The first-order valence-corrected chi connectivity index (χ1v) is 11.8. The van der Waals surface area contributed by atoms with Crippen LogP contribution in [0.5, 0.6) is 11.5 Å². The molecule has 2 aromatic heterocycles. The van der Waals surface area contributed by atoms with Gasteiger partial charge in [-0.1, -0.05) is 18.2 Å². The van der Waals surface area contributed by atoms with Crippen molar-refractivity contribution in [3.05, 3.63) is 76.9 Å². The molecule has 0 saturated carbocycles. The van der Waals surface area contributed by atoms with Crippen LogP contribution in [0.4, 0.5) is 4.39 Å². The zero-order chi connectivity index (χ0) is 23.5. The first-order valence-electron chi connectivity index (χ1n) is 10.9. The third-order valence-electron chi connectivity index (χ3n) is 5.67. The number of hydrogen-bond acceptors (Lipinski definition) is 6. The molecule has 8 heteroatoms. The summed E-state index contributed by atoms with van der Waals surface area (Å²) in [5.74, 6) is 0.438. The molecule has 4 aromatic rings. The Morgan fingerprint density at radius 3 is 2.74 bits per heavy atom. The highest BCUT2D eigenvalue weighted by molar-refractivity contribution is 7.13. The number of aromatic nitrogens is 1. The van der Waals surface area contributed by atoms with Crippen LogP contribution in [0.2, 0.25) is 0 Å². The molecule has 1 amide bonds. The zero-order valence-corrected chi connectivity index (χ0v) is 19.4. The number of carbonyl (C=O) groups excluding carboxylic acids is 1. The Balaban J connectivity index is 1.57. The lowest BCUT2D eigenvalue weighted by Gasteiger charge is -2.24. The van der Waals surface area contributed by atoms with Crippen molar-refractivity contribution in [2.45, 2.75) is 13.0 Å². The molecule has 0 N–H and O–H groups in total. The highest BCUT2D eigenvalue weighted by Gasteiger charge is 2.23. The lowest BCUT2D eigenvalue weighted by Crippen LogP contribution is -2.33. The second kappa shape index (κ2) is 9.79. The number of rotatable bonds is 8. The largest absolute Gasteiger partial charge is 0.454 e. The maximum atomic E-state index is 14.5. The number of nitrogens with zero attached hydrogens (tertiary/aromatic N) is 2. The van der Waals surface area contributed by atoms with Gasteiger partial charge in [-0.15, -0.1) is 11.3 Å². The Kier molecular flexibility index (Phi) is 6.42. The fourth-order valence-corrected chi connectivity index (χ4v) is 4.77. The van der Waals surface area contributed by atoms with Crippen molar-refractivity contribution in [1.82, 2.24) is 9.88 Å². The smallest absolute Gasteiger partial charge is 0.257 e. The van der Waals surface area contributed by atoms with Gasteiger partial charge in [0, 0.05) is 38.3 Å². The molecular formula is C26H23FN2O4S. The summed E-state index contributed by atoms with van der Waals surface area (Å²) in [6.07, 6.45) is 0.630. The van der Waals surface area contributed by atoms with E-state index in [2.05, 4.69) is 0 Å². The molecule has 5 rings (SSSR count). The van der Waals surface area contributed by atoms with Gasteiger partial charge in [-0.3, -0.25) is 4.79 Å². The van der Waals surface area contributed by atoms with Crippen LogP contribution < -0.4 is 9.47 Å². The Bertz CT molecular complexity index is 1330. The molecule has 6 nitrogen and oxygen atoms in total. The van der Waals surface area contributed by atoms with Crippen molar-refractivity contribution in [2.75, 3.05) is 27.1 Å². The minimum absolute atomic E-state index is 0.0507. The van der Waals surface area contributed by atoms with Gasteiger partial charge in [0.2, 0.25) is 6.79 Å². The number of hydrogen-bond donors (Lipinski definition) is 0. The van der Waals surface area contributed by atoms with E-state index in [-0.39, 0.29) is 24.8 Å². The molecule has 0 spiro atoms. The van der Waals surface area contributed by atoms with Crippen LogP contribution in [-0.4, -0.2) is 42.8 Å². The summed E-state index contributed by atoms with van der Waals surface area (Å²) in [4.78, 5) is 20.9. The summed E-state index contributed by atoms with van der Waals surface area (Å²) >= 11 is 1.58. The van der Waals surface area contributed by atoms with Gasteiger partial charge in [0.05, 0.1) is 21.7 Å². The minimum atomic E-state index is -0.535. The molecule has 0 unspecified atom stereocenters. The summed E-state index contributed by atoms with van der Waals surface area (Å²) in [6.45, 7) is 1.38. The van der Waals surface area contributed by atoms with Gasteiger partial charge in [0.15, 0.2) is 11.5 Å². The lowest BCUT2D eigenvalue weighted by molar-refractivity contribution is 0.0719. The van der Waals surface area contributed by atoms with E-state index in [1.165, 1.54) is 12.1 Å². The van der Waals surface area contributed by atoms with E-state index < -0.39 is 5.82 Å². The van der Waals surface area contributed by atoms with Crippen LogP contribution in [0.15, 0.2) is 60.0 Å². The maximum absolute atomic E-state index is 14.5. The molecule has 0 radical (unpaired) electrons. The van der Waals surface area contributed by atoms with Crippen LogP contribution >= 0.6 is 11.3 Å². The topological polar surface area (TPSA) is 60.9 Å². The van der Waals surface area contributed by atoms with E-state index in [0.29, 0.717) is 31.1 Å². The third-order valence-corrected chi connectivity index (χ3v) is 6.55. The number of methoxy groups -OCH3 is 1. The molecule has 174 valence electrons. The summed E-state index contributed by atoms with van der Waals surface area (Å²) in [5.41, 5.74) is 2.49. The molecule has 2 aromatic carbocycles. The molecule has 0 fully saturated rings. The van der Waals surface area contributed by atoms with E-state index in [9.17, 15) is 9.18 Å². The van der Waals surface area contributed by atoms with E-state index >= 15 is 0 Å². The number of fused-ring (bicyclic) bond motifs is 2. The van der Waals surface area contributed by atoms with Gasteiger partial charge in [-0.2, -0.15) is 0 Å². The molecule has 1 aliphatic rings. The van der Waals surface area contributed by atoms with Crippen LogP contribution in [0.1, 0.15) is 22.3 Å². The van der Waals surface area contributed by atoms with Crippen molar-refractivity contribution >= 4 is 28.1 Å². The molecule has 0 aliphatic carbocycles. The Labute approximate surface area is 200 Å². The van der Waals surface area contributed by atoms with Crippen molar-refractivity contribution in [3.63, 3.8) is 0 Å². The molecule has 3 heterocycles. The lowest BCUT2D eigenvalue weighted by atomic mass is 10.1. The summed E-state index contributed by atoms with van der Waals surface area (Å²) < 4.78 is 30.7. The Morgan fingerprint density at radius 1 is 1.15 bits per heavy atom. The zero-order valence-electron chi connectivity index (χ0n) is 18.6. The molecule has 0 saturated heterocycles. The molecular weight excluding hydrogens is 455 g/mol. The summed E-state index contributed by atoms with van der Waals surface area (Å²) in [5, 5.41) is 2.88. The number of ether oxygens (including phenoxy) is 3. The fraction of sp³-hybridized carbons (Fsp3) is 0.231. The Hall–Kier alpha value is -3.49. The van der Waals surface area contributed by atoms with Crippen LogP contribution in [0.3, 0.4) is 0 Å². The third kappa shape index (κ3) is 4.47. The van der Waals surface area contributed by atoms with E-state index in [1.807, 2.05) is 35.7 Å². The van der Waals surface area contributed by atoms with Gasteiger partial charge in [-0.25, -0.2) is 9.37 Å². The normalized spacial score (nSPS) is 12.3. The molecule has 0 bridgehead atoms. The Morgan fingerprint density at radius 2 is 1.97 bits per heavy atom. The maximum Gasteiger partial charge on any atom is 0.257 e.